The van der Waals surface area contributed by atoms with Crippen molar-refractivity contribution in [2.45, 2.75) is 32.0 Å². The Balaban J connectivity index is 1.70. The summed E-state index contributed by atoms with van der Waals surface area (Å²) in [7, 11) is 0. The molecule has 2 amide bonds. The van der Waals surface area contributed by atoms with Gasteiger partial charge in [0.2, 0.25) is 0 Å². The van der Waals surface area contributed by atoms with Crippen molar-refractivity contribution in [3.05, 3.63) is 108 Å². The van der Waals surface area contributed by atoms with E-state index in [0.717, 1.165) is 5.56 Å². The Labute approximate surface area is 187 Å². The lowest BCUT2D eigenvalue weighted by Crippen LogP contribution is -2.41. The van der Waals surface area contributed by atoms with E-state index in [2.05, 4.69) is 10.6 Å². The first-order chi connectivity index (χ1) is 15.6. The second-order valence-electron chi connectivity index (χ2n) is 7.22. The molecular formula is C26H26N2O4. The molecule has 164 valence electrons. The van der Waals surface area contributed by atoms with Crippen molar-refractivity contribution < 1.29 is 19.1 Å². The summed E-state index contributed by atoms with van der Waals surface area (Å²) >= 11 is 0. The maximum atomic E-state index is 13.0. The van der Waals surface area contributed by atoms with Crippen LogP contribution in [0.5, 0.6) is 0 Å². The highest BCUT2D eigenvalue weighted by molar-refractivity contribution is 5.97. The molecule has 0 aromatic heterocycles. The van der Waals surface area contributed by atoms with Crippen molar-refractivity contribution in [3.63, 3.8) is 0 Å². The molecule has 6 nitrogen and oxygen atoms in total. The van der Waals surface area contributed by atoms with Gasteiger partial charge in [0.25, 0.3) is 11.8 Å². The van der Waals surface area contributed by atoms with Gasteiger partial charge in [-0.1, -0.05) is 85.8 Å². The molecule has 6 heteroatoms. The fourth-order valence-electron chi connectivity index (χ4n) is 3.16. The molecule has 32 heavy (non-hydrogen) atoms. The third-order valence-electron chi connectivity index (χ3n) is 4.91. The summed E-state index contributed by atoms with van der Waals surface area (Å²) in [5.41, 5.74) is 1.94. The van der Waals surface area contributed by atoms with E-state index in [-0.39, 0.29) is 5.91 Å². The van der Waals surface area contributed by atoms with Gasteiger partial charge < -0.3 is 15.4 Å². The largest absolute Gasteiger partial charge is 0.450 e. The Morgan fingerprint density at radius 1 is 0.812 bits per heavy atom. The van der Waals surface area contributed by atoms with E-state index < -0.39 is 24.0 Å². The van der Waals surface area contributed by atoms with Crippen LogP contribution in [0.25, 0.3) is 0 Å². The van der Waals surface area contributed by atoms with E-state index in [1.807, 2.05) is 36.4 Å². The second-order valence-corrected chi connectivity index (χ2v) is 7.22. The van der Waals surface area contributed by atoms with E-state index in [1.165, 1.54) is 0 Å². The van der Waals surface area contributed by atoms with Gasteiger partial charge in [-0.05, 0) is 29.7 Å². The monoisotopic (exact) mass is 430 g/mol. The minimum atomic E-state index is -1.04. The van der Waals surface area contributed by atoms with Gasteiger partial charge in [-0.3, -0.25) is 9.59 Å². The molecule has 0 fully saturated rings. The van der Waals surface area contributed by atoms with Gasteiger partial charge in [-0.15, -0.1) is 0 Å². The Morgan fingerprint density at radius 2 is 1.38 bits per heavy atom. The number of nitrogens with one attached hydrogen (secondary N) is 2. The zero-order valence-electron chi connectivity index (χ0n) is 17.9. The lowest BCUT2D eigenvalue weighted by Gasteiger charge is -2.22. The van der Waals surface area contributed by atoms with Gasteiger partial charge in [-0.2, -0.15) is 0 Å². The topological polar surface area (TPSA) is 84.5 Å². The van der Waals surface area contributed by atoms with Gasteiger partial charge in [0.05, 0.1) is 0 Å². The Hall–Kier alpha value is -3.93. The van der Waals surface area contributed by atoms with Crippen LogP contribution in [0, 0.1) is 0 Å². The minimum Gasteiger partial charge on any atom is -0.450 e. The van der Waals surface area contributed by atoms with Crippen LogP contribution >= 0.6 is 0 Å². The van der Waals surface area contributed by atoms with Crippen molar-refractivity contribution in [2.24, 2.45) is 0 Å². The van der Waals surface area contributed by atoms with E-state index in [4.69, 9.17) is 4.74 Å². The Kier molecular flexibility index (Phi) is 8.15. The third kappa shape index (κ3) is 6.28. The number of benzene rings is 3. The third-order valence-corrected chi connectivity index (χ3v) is 4.91. The van der Waals surface area contributed by atoms with Gasteiger partial charge in [0.1, 0.15) is 0 Å². The molecule has 3 aromatic rings. The summed E-state index contributed by atoms with van der Waals surface area (Å²) in [5.74, 6) is -1.48. The van der Waals surface area contributed by atoms with Crippen molar-refractivity contribution >= 4 is 17.8 Å². The van der Waals surface area contributed by atoms with Crippen LogP contribution in [-0.4, -0.2) is 23.9 Å². The first-order valence-corrected chi connectivity index (χ1v) is 10.5. The van der Waals surface area contributed by atoms with Crippen LogP contribution in [0.3, 0.4) is 0 Å². The summed E-state index contributed by atoms with van der Waals surface area (Å²) in [4.78, 5) is 38.3. The van der Waals surface area contributed by atoms with E-state index in [0.29, 0.717) is 24.1 Å². The van der Waals surface area contributed by atoms with E-state index >= 15 is 0 Å². The predicted molar refractivity (Wildman–Crippen MR) is 122 cm³/mol. The molecule has 0 aliphatic carbocycles. The summed E-state index contributed by atoms with van der Waals surface area (Å²) in [5, 5.41) is 5.53. The van der Waals surface area contributed by atoms with Crippen LogP contribution in [0.15, 0.2) is 91.0 Å². The maximum Gasteiger partial charge on any atom is 0.334 e. The molecule has 2 N–H and O–H groups in total. The van der Waals surface area contributed by atoms with Crippen LogP contribution in [0.1, 0.15) is 40.9 Å². The molecular weight excluding hydrogens is 404 g/mol. The number of hydrogen-bond acceptors (Lipinski definition) is 4. The van der Waals surface area contributed by atoms with Crippen molar-refractivity contribution in [3.8, 4) is 0 Å². The first kappa shape index (κ1) is 22.7. The Bertz CT molecular complexity index is 1020. The number of carbonyl (C=O) groups excluding carboxylic acids is 3. The highest BCUT2D eigenvalue weighted by Crippen LogP contribution is 2.17. The average Bonchev–Trinajstić information content (AvgIpc) is 2.85. The van der Waals surface area contributed by atoms with Crippen LogP contribution in [0.4, 0.5) is 0 Å². The smallest absolute Gasteiger partial charge is 0.334 e. The van der Waals surface area contributed by atoms with Gasteiger partial charge in [0.15, 0.2) is 12.1 Å². The summed E-state index contributed by atoms with van der Waals surface area (Å²) in [6, 6.07) is 25.9. The van der Waals surface area contributed by atoms with E-state index in [9.17, 15) is 14.4 Å². The van der Waals surface area contributed by atoms with Gasteiger partial charge >= 0.3 is 5.97 Å². The van der Waals surface area contributed by atoms with Crippen LogP contribution in [0.2, 0.25) is 0 Å². The highest BCUT2D eigenvalue weighted by atomic mass is 16.5. The number of ether oxygens (including phenoxy) is 1. The molecule has 0 radical (unpaired) electrons. The SMILES string of the molecule is CCC(OC(=O)C(NC(=O)c1ccccc1)c1ccccc1)C(=O)NCc1ccccc1. The number of amides is 2. The zero-order chi connectivity index (χ0) is 22.8. The molecule has 0 aliphatic rings. The fraction of sp³-hybridized carbons (Fsp3) is 0.192. The quantitative estimate of drug-likeness (QED) is 0.506. The zero-order valence-corrected chi connectivity index (χ0v) is 17.9. The van der Waals surface area contributed by atoms with Crippen LogP contribution in [-0.2, 0) is 20.9 Å². The average molecular weight is 431 g/mol. The fourth-order valence-corrected chi connectivity index (χ4v) is 3.16. The van der Waals surface area contributed by atoms with E-state index in [1.54, 1.807) is 61.5 Å². The standard InChI is InChI=1S/C26H26N2O4/c1-2-22(25(30)27-18-19-12-6-3-7-13-19)32-26(31)23(20-14-8-4-9-15-20)28-24(29)21-16-10-5-11-17-21/h3-17,22-23H,2,18H2,1H3,(H,27,30)(H,28,29). The normalized spacial score (nSPS) is 12.3. The number of esters is 1. The molecule has 2 atom stereocenters. The molecule has 0 spiro atoms. The number of hydrogen-bond donors (Lipinski definition) is 2. The number of carbonyl (C=O) groups is 3. The molecule has 3 rings (SSSR count). The first-order valence-electron chi connectivity index (χ1n) is 10.5. The highest BCUT2D eigenvalue weighted by Gasteiger charge is 2.29. The molecule has 0 heterocycles. The Morgan fingerprint density at radius 3 is 1.97 bits per heavy atom. The molecule has 0 saturated carbocycles. The van der Waals surface area contributed by atoms with Gasteiger partial charge in [-0.25, -0.2) is 4.79 Å². The lowest BCUT2D eigenvalue weighted by atomic mass is 10.1. The predicted octanol–water partition coefficient (Wildman–Crippen LogP) is 3.80. The summed E-state index contributed by atoms with van der Waals surface area (Å²) in [6.07, 6.45) is -0.661. The second kappa shape index (κ2) is 11.5. The van der Waals surface area contributed by atoms with Crippen molar-refractivity contribution in [2.75, 3.05) is 0 Å². The van der Waals surface area contributed by atoms with Gasteiger partial charge in [0, 0.05) is 12.1 Å². The summed E-state index contributed by atoms with van der Waals surface area (Å²) in [6.45, 7) is 2.10. The number of rotatable bonds is 9. The molecule has 0 bridgehead atoms. The minimum absolute atomic E-state index is 0.306. The van der Waals surface area contributed by atoms with Crippen LogP contribution < -0.4 is 10.6 Å². The maximum absolute atomic E-state index is 13.0. The molecule has 0 aliphatic heterocycles. The van der Waals surface area contributed by atoms with Crippen molar-refractivity contribution in [1.29, 1.82) is 0 Å². The van der Waals surface area contributed by atoms with Crippen molar-refractivity contribution in [1.82, 2.24) is 10.6 Å². The molecule has 0 saturated heterocycles. The molecule has 2 unspecified atom stereocenters. The molecule has 3 aromatic carbocycles. The lowest BCUT2D eigenvalue weighted by molar-refractivity contribution is -0.158. The summed E-state index contributed by atoms with van der Waals surface area (Å²) < 4.78 is 5.54.